The zero-order valence-corrected chi connectivity index (χ0v) is 22.6. The molecule has 204 valence electrons. The molecule has 4 aromatic rings. The summed E-state index contributed by atoms with van der Waals surface area (Å²) in [6, 6.07) is 19.2. The lowest BCUT2D eigenvalue weighted by Crippen LogP contribution is -2.27. The Morgan fingerprint density at radius 3 is 2.50 bits per heavy atom. The minimum Gasteiger partial charge on any atom is -0.497 e. The van der Waals surface area contributed by atoms with Gasteiger partial charge in [0.25, 0.3) is 5.56 Å². The van der Waals surface area contributed by atoms with E-state index < -0.39 is 17.9 Å². The number of hydrogen-bond acceptors (Lipinski definition) is 6. The summed E-state index contributed by atoms with van der Waals surface area (Å²) in [4.78, 5) is 41.2. The van der Waals surface area contributed by atoms with Crippen molar-refractivity contribution in [3.05, 3.63) is 93.2 Å². The van der Waals surface area contributed by atoms with E-state index in [1.165, 1.54) is 19.2 Å². The number of amides is 1. The fraction of sp³-hybridized carbons (Fsp3) is 0.200. The number of halogens is 1. The summed E-state index contributed by atoms with van der Waals surface area (Å²) in [5.74, 6) is -0.540. The monoisotopic (exact) mass is 559 g/mol. The lowest BCUT2D eigenvalue weighted by atomic mass is 9.90. The Balaban J connectivity index is 1.72. The predicted molar refractivity (Wildman–Crippen MR) is 152 cm³/mol. The zero-order valence-electron chi connectivity index (χ0n) is 21.8. The molecule has 1 aliphatic heterocycles. The smallest absolute Gasteiger partial charge is 0.303 e. The van der Waals surface area contributed by atoms with Crippen molar-refractivity contribution in [2.75, 3.05) is 14.2 Å². The number of H-pyrrole nitrogens is 1. The number of carboxylic acids is 1. The number of hydrogen-bond donors (Lipinski definition) is 2. The molecule has 10 heteroatoms. The normalized spacial score (nSPS) is 14.7. The molecule has 0 spiro atoms. The summed E-state index contributed by atoms with van der Waals surface area (Å²) in [5.41, 5.74) is 2.95. The van der Waals surface area contributed by atoms with E-state index in [4.69, 9.17) is 21.1 Å². The third-order valence-corrected chi connectivity index (χ3v) is 7.08. The van der Waals surface area contributed by atoms with Gasteiger partial charge in [0, 0.05) is 39.9 Å². The number of carboxylic acid groups (broad SMARTS) is 1. The van der Waals surface area contributed by atoms with Gasteiger partial charge in [-0.2, -0.15) is 5.10 Å². The molecule has 0 saturated heterocycles. The average molecular weight is 560 g/mol. The number of hydrazone groups is 1. The minimum absolute atomic E-state index is 0.178. The Kier molecular flexibility index (Phi) is 7.57. The molecule has 2 N–H and O–H groups in total. The average Bonchev–Trinajstić information content (AvgIpc) is 3.40. The summed E-state index contributed by atoms with van der Waals surface area (Å²) < 4.78 is 11.0. The molecule has 0 fully saturated rings. The van der Waals surface area contributed by atoms with Gasteiger partial charge in [0.05, 0.1) is 38.0 Å². The maximum atomic E-state index is 13.7. The van der Waals surface area contributed by atoms with Gasteiger partial charge in [0.1, 0.15) is 11.5 Å². The minimum atomic E-state index is -1.10. The van der Waals surface area contributed by atoms with Crippen LogP contribution in [0.5, 0.6) is 11.5 Å². The van der Waals surface area contributed by atoms with Gasteiger partial charge < -0.3 is 19.6 Å². The summed E-state index contributed by atoms with van der Waals surface area (Å²) in [7, 11) is 3.05. The number of methoxy groups -OCH3 is 2. The lowest BCUT2D eigenvalue weighted by molar-refractivity contribution is -0.141. The van der Waals surface area contributed by atoms with Gasteiger partial charge in [0.2, 0.25) is 5.91 Å². The number of aliphatic carboxylic acids is 1. The van der Waals surface area contributed by atoms with E-state index >= 15 is 0 Å². The Hall–Kier alpha value is -4.63. The van der Waals surface area contributed by atoms with E-state index in [-0.39, 0.29) is 24.8 Å². The molecule has 1 aromatic heterocycles. The topological polar surface area (TPSA) is 121 Å². The molecule has 0 radical (unpaired) electrons. The number of benzene rings is 3. The van der Waals surface area contributed by atoms with Gasteiger partial charge >= 0.3 is 5.97 Å². The number of aromatic amines is 1. The quantitative estimate of drug-likeness (QED) is 0.298. The molecule has 1 amide bonds. The number of ether oxygens (including phenoxy) is 2. The summed E-state index contributed by atoms with van der Waals surface area (Å²) in [5, 5.41) is 16.3. The number of fused-ring (bicyclic) bond motifs is 1. The molecule has 9 nitrogen and oxygen atoms in total. The van der Waals surface area contributed by atoms with Gasteiger partial charge in [-0.25, -0.2) is 5.01 Å². The van der Waals surface area contributed by atoms with Gasteiger partial charge in [-0.3, -0.25) is 14.4 Å². The zero-order chi connectivity index (χ0) is 28.4. The Bertz CT molecular complexity index is 1700. The van der Waals surface area contributed by atoms with E-state index in [0.29, 0.717) is 44.4 Å². The molecule has 1 atom stereocenters. The van der Waals surface area contributed by atoms with Crippen LogP contribution in [0.2, 0.25) is 5.02 Å². The van der Waals surface area contributed by atoms with Gasteiger partial charge in [0.15, 0.2) is 0 Å². The number of carbonyl (C=O) groups is 2. The van der Waals surface area contributed by atoms with Crippen molar-refractivity contribution in [3.8, 4) is 22.6 Å². The standard InChI is InChI=1S/C30H26ClN3O6/c1-39-19-9-11-25(40-2)21(15-19)24-16-23(33-34(24)26(35)12-13-27(36)37)29-28(17-6-4-3-5-7-17)20-14-18(31)8-10-22(20)32-30(29)38/h3-11,14-15,24H,12-13,16H2,1-2H3,(H,32,38)(H,36,37)/t24-/m0/s1. The first kappa shape index (κ1) is 27.0. The first-order chi connectivity index (χ1) is 19.3. The molecule has 0 bridgehead atoms. The van der Waals surface area contributed by atoms with Crippen LogP contribution in [0.15, 0.2) is 76.6 Å². The van der Waals surface area contributed by atoms with Crippen LogP contribution in [0.4, 0.5) is 0 Å². The summed E-state index contributed by atoms with van der Waals surface area (Å²) in [6.45, 7) is 0. The number of carbonyl (C=O) groups excluding carboxylic acids is 1. The molecule has 40 heavy (non-hydrogen) atoms. The van der Waals surface area contributed by atoms with Gasteiger partial charge in [-0.1, -0.05) is 41.9 Å². The van der Waals surface area contributed by atoms with Crippen molar-refractivity contribution in [2.45, 2.75) is 25.3 Å². The third kappa shape index (κ3) is 5.15. The molecule has 3 aromatic carbocycles. The number of rotatable bonds is 8. The van der Waals surface area contributed by atoms with E-state index in [0.717, 1.165) is 10.9 Å². The Morgan fingerprint density at radius 2 is 1.80 bits per heavy atom. The predicted octanol–water partition coefficient (Wildman–Crippen LogP) is 5.41. The van der Waals surface area contributed by atoms with E-state index in [2.05, 4.69) is 10.1 Å². The maximum Gasteiger partial charge on any atom is 0.303 e. The number of nitrogens with zero attached hydrogens (tertiary/aromatic N) is 2. The van der Waals surface area contributed by atoms with Crippen molar-refractivity contribution in [3.63, 3.8) is 0 Å². The Morgan fingerprint density at radius 1 is 1.02 bits per heavy atom. The van der Waals surface area contributed by atoms with Gasteiger partial charge in [-0.15, -0.1) is 0 Å². The second kappa shape index (κ2) is 11.2. The van der Waals surface area contributed by atoms with E-state index in [9.17, 15) is 19.5 Å². The second-order valence-corrected chi connectivity index (χ2v) is 9.70. The second-order valence-electron chi connectivity index (χ2n) is 9.27. The maximum absolute atomic E-state index is 13.7. The molecule has 0 aliphatic carbocycles. The molecule has 0 unspecified atom stereocenters. The highest BCUT2D eigenvalue weighted by molar-refractivity contribution is 6.31. The van der Waals surface area contributed by atoms with Crippen LogP contribution < -0.4 is 15.0 Å². The molecule has 2 heterocycles. The highest BCUT2D eigenvalue weighted by Crippen LogP contribution is 2.41. The largest absolute Gasteiger partial charge is 0.497 e. The summed E-state index contributed by atoms with van der Waals surface area (Å²) in [6.07, 6.45) is -0.437. The van der Waals surface area contributed by atoms with Gasteiger partial charge in [-0.05, 0) is 42.0 Å². The van der Waals surface area contributed by atoms with Crippen molar-refractivity contribution in [1.82, 2.24) is 9.99 Å². The third-order valence-electron chi connectivity index (χ3n) is 6.84. The highest BCUT2D eigenvalue weighted by atomic mass is 35.5. The molecule has 1 aliphatic rings. The molecule has 0 saturated carbocycles. The van der Waals surface area contributed by atoms with E-state index in [1.807, 2.05) is 30.3 Å². The van der Waals surface area contributed by atoms with Crippen molar-refractivity contribution >= 4 is 40.1 Å². The van der Waals surface area contributed by atoms with Crippen LogP contribution in [0, 0.1) is 0 Å². The lowest BCUT2D eigenvalue weighted by Gasteiger charge is -2.24. The van der Waals surface area contributed by atoms with E-state index in [1.54, 1.807) is 36.4 Å². The number of aromatic nitrogens is 1. The first-order valence-corrected chi connectivity index (χ1v) is 12.9. The molecular formula is C30H26ClN3O6. The van der Waals surface area contributed by atoms with Crippen molar-refractivity contribution in [1.29, 1.82) is 0 Å². The fourth-order valence-electron chi connectivity index (χ4n) is 5.01. The SMILES string of the molecule is COc1ccc(OC)c([C@@H]2CC(c3c(-c4ccccc4)c4cc(Cl)ccc4[nH]c3=O)=NN2C(=O)CCC(=O)O)c1. The first-order valence-electron chi connectivity index (χ1n) is 12.5. The van der Waals surface area contributed by atoms with Crippen LogP contribution in [0.25, 0.3) is 22.0 Å². The number of nitrogens with one attached hydrogen (secondary N) is 1. The highest BCUT2D eigenvalue weighted by Gasteiger charge is 2.37. The molecule has 5 rings (SSSR count). The Labute approximate surface area is 234 Å². The van der Waals surface area contributed by atoms with Crippen LogP contribution in [0.1, 0.15) is 36.4 Å². The fourth-order valence-corrected chi connectivity index (χ4v) is 5.18. The van der Waals surface area contributed by atoms with Crippen LogP contribution in [-0.2, 0) is 9.59 Å². The van der Waals surface area contributed by atoms with Crippen LogP contribution in [-0.4, -0.2) is 46.9 Å². The summed E-state index contributed by atoms with van der Waals surface area (Å²) >= 11 is 6.37. The van der Waals surface area contributed by atoms with Crippen molar-refractivity contribution in [2.24, 2.45) is 5.10 Å². The van der Waals surface area contributed by atoms with Crippen molar-refractivity contribution < 1.29 is 24.2 Å². The molecular weight excluding hydrogens is 534 g/mol. The number of pyridine rings is 1. The van der Waals surface area contributed by atoms with Crippen LogP contribution >= 0.6 is 11.6 Å². The van der Waals surface area contributed by atoms with Crippen LogP contribution in [0.3, 0.4) is 0 Å².